The van der Waals surface area contributed by atoms with Crippen LogP contribution in [0.2, 0.25) is 0 Å². The first-order valence-electron chi connectivity index (χ1n) is 8.54. The molecule has 0 aromatic carbocycles. The Hall–Kier alpha value is 0.446. The molecular weight excluding hydrogens is 379 g/mol. The van der Waals surface area contributed by atoms with Crippen molar-refractivity contribution in [1.82, 2.24) is 0 Å². The normalized spacial score (nSPS) is 13.5. The molecule has 0 heterocycles. The average Bonchev–Trinajstić information content (AvgIpc) is 2.46. The molecule has 0 amide bonds. The van der Waals surface area contributed by atoms with Crippen LogP contribution in [0.1, 0.15) is 65.2 Å². The molecule has 0 aliphatic rings. The molecule has 0 aromatic heterocycles. The minimum Gasteiger partial charge on any atom is -0.481 e. The minimum atomic E-state index is -4.84. The van der Waals surface area contributed by atoms with Crippen molar-refractivity contribution in [3.05, 3.63) is 0 Å². The first kappa shape index (κ1) is 27.7. The standard InChI is InChI=1S/C11H23O.C4H6O7S.K/c1-3-5-6-7-8-9-10-11-12-4-2;5-3(6)1-2(4(7)8)12(9,10)11;/h4H,3,5-11H2,1-2H3;2H,1H2,(H,5,6)(H,7,8)(H,9,10,11);. The summed E-state index contributed by atoms with van der Waals surface area (Å²) in [6, 6.07) is 0. The van der Waals surface area contributed by atoms with E-state index in [-0.39, 0.29) is 0 Å². The van der Waals surface area contributed by atoms with Gasteiger partial charge in [-0.1, -0.05) is 0 Å². The number of ether oxygens (including phenoxy) is 1. The number of unbranched alkanes of at least 4 members (excludes halogenated alkanes) is 6. The molecule has 3 N–H and O–H groups in total. The van der Waals surface area contributed by atoms with Crippen LogP contribution >= 0.6 is 0 Å². The summed E-state index contributed by atoms with van der Waals surface area (Å²) in [6.07, 6.45) is 8.50. The molecule has 0 bridgehead atoms. The van der Waals surface area contributed by atoms with Crippen LogP contribution in [-0.2, 0) is 24.4 Å². The van der Waals surface area contributed by atoms with Gasteiger partial charge >= 0.3 is 131 Å². The molecule has 2 atom stereocenters. The monoisotopic (exact) mass is 408 g/mol. The predicted octanol–water partition coefficient (Wildman–Crippen LogP) is 2.07. The molecule has 0 aliphatic carbocycles. The van der Waals surface area contributed by atoms with Gasteiger partial charge in [0.15, 0.2) is 5.25 Å². The van der Waals surface area contributed by atoms with Gasteiger partial charge in [0.05, 0.1) is 6.42 Å². The fourth-order valence-corrected chi connectivity index (χ4v) is 2.83. The van der Waals surface area contributed by atoms with E-state index in [9.17, 15) is 18.0 Å². The Morgan fingerprint density at radius 1 is 1.04 bits per heavy atom. The van der Waals surface area contributed by atoms with Gasteiger partial charge in [0.25, 0.3) is 10.1 Å². The topological polar surface area (TPSA) is 138 Å². The Bertz CT molecular complexity index is 464. The molecule has 0 radical (unpaired) electrons. The Kier molecular flexibility index (Phi) is 18.4. The number of rotatable bonds is 13. The van der Waals surface area contributed by atoms with Gasteiger partial charge in [-0.15, -0.1) is 0 Å². The van der Waals surface area contributed by atoms with Gasteiger partial charge < -0.3 is 10.2 Å². The van der Waals surface area contributed by atoms with Gasteiger partial charge in [-0.2, -0.15) is 8.42 Å². The third kappa shape index (κ3) is 20.6. The molecule has 25 heavy (non-hydrogen) atoms. The molecule has 2 unspecified atom stereocenters. The zero-order chi connectivity index (χ0) is 19.9. The van der Waals surface area contributed by atoms with Crippen molar-refractivity contribution in [1.29, 1.82) is 0 Å². The molecule has 0 spiro atoms. The first-order chi connectivity index (χ1) is 11.5. The van der Waals surface area contributed by atoms with E-state index in [1.807, 2.05) is 0 Å². The second kappa shape index (κ2) is 16.6. The number of carboxylic acids is 2. The van der Waals surface area contributed by atoms with Crippen LogP contribution in [0.4, 0.5) is 0 Å². The largest absolute Gasteiger partial charge is 0.481 e. The Morgan fingerprint density at radius 3 is 1.84 bits per heavy atom. The van der Waals surface area contributed by atoms with E-state index in [1.165, 1.54) is 44.9 Å². The van der Waals surface area contributed by atoms with Crippen molar-refractivity contribution in [2.75, 3.05) is 6.61 Å². The predicted molar refractivity (Wildman–Crippen MR) is 94.4 cm³/mol. The molecular formula is C15H29KO8S. The zero-order valence-electron chi connectivity index (χ0n) is 15.3. The van der Waals surface area contributed by atoms with Gasteiger partial charge in [-0.3, -0.25) is 14.1 Å². The fourth-order valence-electron chi connectivity index (χ4n) is 1.86. The third-order valence-corrected chi connectivity index (χ3v) is 4.80. The van der Waals surface area contributed by atoms with Gasteiger partial charge in [-0.25, -0.2) is 0 Å². The van der Waals surface area contributed by atoms with E-state index in [2.05, 4.69) is 13.8 Å². The average molecular weight is 409 g/mol. The van der Waals surface area contributed by atoms with Crippen molar-refractivity contribution < 1.29 is 37.5 Å². The summed E-state index contributed by atoms with van der Waals surface area (Å²) in [5, 5.41) is 13.9. The van der Waals surface area contributed by atoms with Gasteiger partial charge in [0.2, 0.25) is 0 Å². The van der Waals surface area contributed by atoms with Crippen LogP contribution < -0.4 is 0 Å². The summed E-state index contributed by atoms with van der Waals surface area (Å²) in [5.41, 5.74) is 0. The van der Waals surface area contributed by atoms with Crippen molar-refractivity contribution in [2.24, 2.45) is 0 Å². The summed E-state index contributed by atoms with van der Waals surface area (Å²) in [6.45, 7) is 5.44. The van der Waals surface area contributed by atoms with E-state index in [4.69, 9.17) is 19.5 Å². The SMILES string of the molecule is CCCCCCCCCO[CH](C)[K].O=C(O)CC(C(=O)O)S(=O)(=O)O. The minimum absolute atomic E-state index is 0.590. The van der Waals surface area contributed by atoms with E-state index in [1.54, 1.807) is 0 Å². The molecule has 0 aliphatic heterocycles. The summed E-state index contributed by atoms with van der Waals surface area (Å²) in [7, 11) is -4.84. The van der Waals surface area contributed by atoms with Crippen LogP contribution in [0.3, 0.4) is 0 Å². The van der Waals surface area contributed by atoms with Crippen LogP contribution in [0.5, 0.6) is 0 Å². The summed E-state index contributed by atoms with van der Waals surface area (Å²) < 4.78 is 34.8. The number of hydrogen-bond donors (Lipinski definition) is 3. The van der Waals surface area contributed by atoms with Crippen molar-refractivity contribution in [3.63, 3.8) is 0 Å². The second-order valence-electron chi connectivity index (χ2n) is 5.98. The van der Waals surface area contributed by atoms with Crippen molar-refractivity contribution in [2.45, 2.75) is 70.7 Å². The third-order valence-electron chi connectivity index (χ3n) is 3.19. The van der Waals surface area contributed by atoms with Crippen molar-refractivity contribution in [3.8, 4) is 0 Å². The van der Waals surface area contributed by atoms with E-state index < -0.39 is 33.7 Å². The Balaban J connectivity index is 0. The van der Waals surface area contributed by atoms with Crippen LogP contribution in [0.15, 0.2) is 0 Å². The van der Waals surface area contributed by atoms with Gasteiger partial charge in [0, 0.05) is 0 Å². The number of carbonyl (C=O) groups is 2. The quantitative estimate of drug-likeness (QED) is 0.239. The molecule has 0 aromatic rings. The van der Waals surface area contributed by atoms with Gasteiger partial charge in [-0.05, 0) is 0 Å². The molecule has 144 valence electrons. The number of aliphatic carboxylic acids is 2. The summed E-state index contributed by atoms with van der Waals surface area (Å²) in [4.78, 5) is 20.0. The molecule has 10 heteroatoms. The van der Waals surface area contributed by atoms with E-state index in [0.717, 1.165) is 55.6 Å². The molecule has 0 saturated carbocycles. The summed E-state index contributed by atoms with van der Waals surface area (Å²) in [5.74, 6) is -3.50. The molecule has 0 fully saturated rings. The van der Waals surface area contributed by atoms with Crippen LogP contribution in [0, 0.1) is 0 Å². The molecule has 0 saturated heterocycles. The summed E-state index contributed by atoms with van der Waals surface area (Å²) >= 11 is 0.841. The van der Waals surface area contributed by atoms with Crippen LogP contribution in [0.25, 0.3) is 0 Å². The Labute approximate surface area is 184 Å². The Morgan fingerprint density at radius 2 is 1.52 bits per heavy atom. The number of hydrogen-bond acceptors (Lipinski definition) is 5. The second-order valence-corrected chi connectivity index (χ2v) is 10.1. The van der Waals surface area contributed by atoms with Crippen molar-refractivity contribution >= 4 is 71.0 Å². The zero-order valence-corrected chi connectivity index (χ0v) is 19.2. The molecule has 0 rings (SSSR count). The van der Waals surface area contributed by atoms with E-state index in [0.29, 0.717) is 0.199 Å². The number of carboxylic acid groups (broad SMARTS) is 2. The maximum atomic E-state index is 10.2. The maximum Gasteiger partial charge on any atom is 0.325 e. The first-order valence-corrected chi connectivity index (χ1v) is 11.9. The van der Waals surface area contributed by atoms with E-state index >= 15 is 0 Å². The molecule has 8 nitrogen and oxygen atoms in total. The smallest absolute Gasteiger partial charge is 0.325 e. The van der Waals surface area contributed by atoms with Gasteiger partial charge in [0.1, 0.15) is 0 Å². The fraction of sp³-hybridized carbons (Fsp3) is 0.867. The van der Waals surface area contributed by atoms with Crippen LogP contribution in [-0.4, -0.2) is 96.1 Å². The maximum absolute atomic E-state index is 10.2.